The van der Waals surface area contributed by atoms with Crippen molar-refractivity contribution < 1.29 is 0 Å². The summed E-state index contributed by atoms with van der Waals surface area (Å²) in [4.78, 5) is 8.66. The van der Waals surface area contributed by atoms with E-state index in [1.165, 1.54) is 22.3 Å². The van der Waals surface area contributed by atoms with E-state index in [1.807, 2.05) is 6.07 Å². The third kappa shape index (κ3) is 2.41. The average Bonchev–Trinajstić information content (AvgIpc) is 2.38. The SMILES string of the molecule is Cc1cc(C)c(C(CN)c2ncccn2)cc1C. The minimum Gasteiger partial charge on any atom is -0.329 e. The van der Waals surface area contributed by atoms with Crippen molar-refractivity contribution in [1.29, 1.82) is 0 Å². The second-order valence-corrected chi connectivity index (χ2v) is 4.69. The summed E-state index contributed by atoms with van der Waals surface area (Å²) < 4.78 is 0. The van der Waals surface area contributed by atoms with E-state index < -0.39 is 0 Å². The van der Waals surface area contributed by atoms with E-state index in [0.29, 0.717) is 6.54 Å². The summed E-state index contributed by atoms with van der Waals surface area (Å²) >= 11 is 0. The van der Waals surface area contributed by atoms with Gasteiger partial charge in [-0.3, -0.25) is 0 Å². The highest BCUT2D eigenvalue weighted by Crippen LogP contribution is 2.26. The van der Waals surface area contributed by atoms with Crippen LogP contribution in [0.25, 0.3) is 0 Å². The van der Waals surface area contributed by atoms with Crippen LogP contribution in [0, 0.1) is 20.8 Å². The number of aromatic nitrogens is 2. The van der Waals surface area contributed by atoms with Gasteiger partial charge in [-0.2, -0.15) is 0 Å². The lowest BCUT2D eigenvalue weighted by molar-refractivity contribution is 0.743. The molecule has 0 bridgehead atoms. The number of benzene rings is 1. The third-order valence-electron chi connectivity index (χ3n) is 3.39. The van der Waals surface area contributed by atoms with Crippen molar-refractivity contribution in [2.24, 2.45) is 5.73 Å². The zero-order chi connectivity index (χ0) is 13.1. The minimum atomic E-state index is 0.0745. The van der Waals surface area contributed by atoms with Crippen LogP contribution in [0.5, 0.6) is 0 Å². The molecule has 3 heteroatoms. The van der Waals surface area contributed by atoms with Gasteiger partial charge in [-0.25, -0.2) is 9.97 Å². The van der Waals surface area contributed by atoms with E-state index in [4.69, 9.17) is 5.73 Å². The summed E-state index contributed by atoms with van der Waals surface area (Å²) in [5.41, 5.74) is 11.0. The Morgan fingerprint density at radius 3 is 2.22 bits per heavy atom. The maximum absolute atomic E-state index is 5.91. The van der Waals surface area contributed by atoms with E-state index >= 15 is 0 Å². The molecule has 0 fully saturated rings. The van der Waals surface area contributed by atoms with E-state index in [-0.39, 0.29) is 5.92 Å². The smallest absolute Gasteiger partial charge is 0.136 e. The first kappa shape index (κ1) is 12.7. The average molecular weight is 241 g/mol. The van der Waals surface area contributed by atoms with Gasteiger partial charge in [0, 0.05) is 18.9 Å². The summed E-state index contributed by atoms with van der Waals surface area (Å²) in [5, 5.41) is 0. The molecule has 0 aliphatic heterocycles. The van der Waals surface area contributed by atoms with Crippen LogP contribution in [-0.4, -0.2) is 16.5 Å². The van der Waals surface area contributed by atoms with Crippen LogP contribution in [0.15, 0.2) is 30.6 Å². The highest BCUT2D eigenvalue weighted by Gasteiger charge is 2.17. The zero-order valence-corrected chi connectivity index (χ0v) is 11.1. The van der Waals surface area contributed by atoms with Crippen molar-refractivity contribution in [2.45, 2.75) is 26.7 Å². The highest BCUT2D eigenvalue weighted by molar-refractivity contribution is 5.40. The third-order valence-corrected chi connectivity index (χ3v) is 3.39. The number of hydrogen-bond acceptors (Lipinski definition) is 3. The molecule has 18 heavy (non-hydrogen) atoms. The van der Waals surface area contributed by atoms with Crippen molar-refractivity contribution in [2.75, 3.05) is 6.54 Å². The van der Waals surface area contributed by atoms with Gasteiger partial charge in [-0.1, -0.05) is 12.1 Å². The number of nitrogens with two attached hydrogens (primary N) is 1. The molecule has 0 aliphatic rings. The molecule has 0 aliphatic carbocycles. The summed E-state index contributed by atoms with van der Waals surface area (Å²) in [6, 6.07) is 6.24. The molecular formula is C15H19N3. The van der Waals surface area contributed by atoms with Crippen molar-refractivity contribution in [3.8, 4) is 0 Å². The molecule has 94 valence electrons. The molecule has 0 saturated heterocycles. The number of aryl methyl sites for hydroxylation is 3. The largest absolute Gasteiger partial charge is 0.329 e. The van der Waals surface area contributed by atoms with Gasteiger partial charge in [-0.05, 0) is 49.1 Å². The van der Waals surface area contributed by atoms with Crippen molar-refractivity contribution in [3.63, 3.8) is 0 Å². The Labute approximate surface area is 108 Å². The van der Waals surface area contributed by atoms with Gasteiger partial charge in [0.25, 0.3) is 0 Å². The fourth-order valence-electron chi connectivity index (χ4n) is 2.22. The molecule has 1 aromatic carbocycles. The van der Waals surface area contributed by atoms with E-state index in [0.717, 1.165) is 5.82 Å². The van der Waals surface area contributed by atoms with Crippen LogP contribution in [-0.2, 0) is 0 Å². The maximum atomic E-state index is 5.91. The molecule has 0 radical (unpaired) electrons. The van der Waals surface area contributed by atoms with Gasteiger partial charge in [0.05, 0.1) is 5.92 Å². The molecular weight excluding hydrogens is 222 g/mol. The lowest BCUT2D eigenvalue weighted by Gasteiger charge is -2.18. The van der Waals surface area contributed by atoms with Crippen LogP contribution in [0.3, 0.4) is 0 Å². The van der Waals surface area contributed by atoms with E-state index in [2.05, 4.69) is 42.9 Å². The van der Waals surface area contributed by atoms with Crippen LogP contribution < -0.4 is 5.73 Å². The van der Waals surface area contributed by atoms with Gasteiger partial charge in [-0.15, -0.1) is 0 Å². The van der Waals surface area contributed by atoms with Gasteiger partial charge < -0.3 is 5.73 Å². The predicted molar refractivity (Wildman–Crippen MR) is 73.6 cm³/mol. The van der Waals surface area contributed by atoms with Gasteiger partial charge >= 0.3 is 0 Å². The first-order valence-electron chi connectivity index (χ1n) is 6.18. The number of rotatable bonds is 3. The second-order valence-electron chi connectivity index (χ2n) is 4.69. The Balaban J connectivity index is 2.49. The molecule has 0 spiro atoms. The van der Waals surface area contributed by atoms with E-state index in [9.17, 15) is 0 Å². The molecule has 2 rings (SSSR count). The summed E-state index contributed by atoms with van der Waals surface area (Å²) in [7, 11) is 0. The molecule has 1 heterocycles. The quantitative estimate of drug-likeness (QED) is 0.898. The summed E-state index contributed by atoms with van der Waals surface area (Å²) in [6.07, 6.45) is 3.53. The topological polar surface area (TPSA) is 51.8 Å². The van der Waals surface area contributed by atoms with Crippen LogP contribution in [0.2, 0.25) is 0 Å². The Morgan fingerprint density at radius 2 is 1.61 bits per heavy atom. The molecule has 2 N–H and O–H groups in total. The van der Waals surface area contributed by atoms with Gasteiger partial charge in [0.2, 0.25) is 0 Å². The zero-order valence-electron chi connectivity index (χ0n) is 11.1. The fraction of sp³-hybridized carbons (Fsp3) is 0.333. The molecule has 2 aromatic rings. The molecule has 1 aromatic heterocycles. The fourth-order valence-corrected chi connectivity index (χ4v) is 2.22. The lowest BCUT2D eigenvalue weighted by Crippen LogP contribution is -2.17. The predicted octanol–water partition coefficient (Wildman–Crippen LogP) is 2.49. The van der Waals surface area contributed by atoms with Crippen molar-refractivity contribution >= 4 is 0 Å². The molecule has 1 atom stereocenters. The normalized spacial score (nSPS) is 12.4. The lowest BCUT2D eigenvalue weighted by atomic mass is 9.90. The first-order valence-corrected chi connectivity index (χ1v) is 6.18. The standard InChI is InChI=1S/C15H19N3/c1-10-7-12(3)13(8-11(10)2)14(9-16)15-17-5-4-6-18-15/h4-8,14H,9,16H2,1-3H3. The first-order chi connectivity index (χ1) is 8.63. The Kier molecular flexibility index (Phi) is 3.72. The molecule has 1 unspecified atom stereocenters. The van der Waals surface area contributed by atoms with Gasteiger partial charge in [0.1, 0.15) is 5.82 Å². The van der Waals surface area contributed by atoms with Gasteiger partial charge in [0.15, 0.2) is 0 Å². The van der Waals surface area contributed by atoms with Crippen LogP contribution in [0.4, 0.5) is 0 Å². The minimum absolute atomic E-state index is 0.0745. The summed E-state index contributed by atoms with van der Waals surface area (Å²) in [6.45, 7) is 6.89. The highest BCUT2D eigenvalue weighted by atomic mass is 14.9. The number of nitrogens with zero attached hydrogens (tertiary/aromatic N) is 2. The summed E-state index contributed by atoms with van der Waals surface area (Å²) in [5.74, 6) is 0.872. The monoisotopic (exact) mass is 241 g/mol. The second kappa shape index (κ2) is 5.27. The molecule has 3 nitrogen and oxygen atoms in total. The Morgan fingerprint density at radius 1 is 1.00 bits per heavy atom. The molecule has 0 amide bonds. The van der Waals surface area contributed by atoms with Crippen molar-refractivity contribution in [3.05, 3.63) is 58.7 Å². The van der Waals surface area contributed by atoms with Crippen LogP contribution in [0.1, 0.15) is 34.0 Å². The van der Waals surface area contributed by atoms with E-state index in [1.54, 1.807) is 12.4 Å². The maximum Gasteiger partial charge on any atom is 0.136 e. The number of hydrogen-bond donors (Lipinski definition) is 1. The Hall–Kier alpha value is -1.74. The Bertz CT molecular complexity index is 535. The van der Waals surface area contributed by atoms with Crippen molar-refractivity contribution in [1.82, 2.24) is 9.97 Å². The van der Waals surface area contributed by atoms with Crippen LogP contribution >= 0.6 is 0 Å². The molecule has 0 saturated carbocycles.